The van der Waals surface area contributed by atoms with Crippen molar-refractivity contribution < 1.29 is 19.7 Å². The van der Waals surface area contributed by atoms with Crippen LogP contribution in [0.1, 0.15) is 66.2 Å². The Kier molecular flexibility index (Phi) is 8.15. The first-order valence-electron chi connectivity index (χ1n) is 11.6. The summed E-state index contributed by atoms with van der Waals surface area (Å²) in [5.41, 5.74) is 2.42. The van der Waals surface area contributed by atoms with E-state index < -0.39 is 12.0 Å². The Morgan fingerprint density at radius 1 is 1.34 bits per heavy atom. The number of benzene rings is 1. The Morgan fingerprint density at radius 3 is 2.78 bits per heavy atom. The molecule has 0 radical (unpaired) electrons. The monoisotopic (exact) mass is 460 g/mol. The van der Waals surface area contributed by atoms with E-state index in [2.05, 4.69) is 38.0 Å². The molecule has 1 aliphatic carbocycles. The number of carboxylic acid groups (broad SMARTS) is 1. The second-order valence-electron chi connectivity index (χ2n) is 9.60. The number of aromatic hydroxyl groups is 1. The Labute approximate surface area is 195 Å². The molecule has 1 aliphatic heterocycles. The number of aliphatic imine (C=N–C) groups is 1. The molecule has 1 unspecified atom stereocenters. The van der Waals surface area contributed by atoms with Crippen molar-refractivity contribution in [2.75, 3.05) is 17.7 Å². The zero-order valence-electron chi connectivity index (χ0n) is 19.6. The quantitative estimate of drug-likeness (QED) is 0.367. The number of phenols is 1. The Hall–Kier alpha value is -2.15. The maximum absolute atomic E-state index is 11.4. The second kappa shape index (κ2) is 10.6. The van der Waals surface area contributed by atoms with Gasteiger partial charge in [0.25, 0.3) is 0 Å². The number of hydrogen-bond donors (Lipinski definition) is 3. The van der Waals surface area contributed by atoms with Crippen molar-refractivity contribution in [1.29, 1.82) is 0 Å². The summed E-state index contributed by atoms with van der Waals surface area (Å²) in [6.45, 7) is 9.36. The standard InChI is InChI=1S/C25H36N2O4S/c1-5-7-8-16(6-2)14-31-17-9-10-18(22(28)11-17)26-19-12-25(3,4)13-20-23(19)32-15-21(27-20)24(29)30/h9-11,16,21,26,28H,5-8,12-15H2,1-4H3,(H,29,30)/t16?,21-/m0/s1. The maximum atomic E-state index is 11.4. The molecule has 32 heavy (non-hydrogen) atoms. The molecule has 176 valence electrons. The molecule has 1 aromatic rings. The molecule has 2 atom stereocenters. The van der Waals surface area contributed by atoms with Gasteiger partial charge in [0.05, 0.1) is 18.0 Å². The summed E-state index contributed by atoms with van der Waals surface area (Å²) >= 11 is 1.54. The highest BCUT2D eigenvalue weighted by Crippen LogP contribution is 2.44. The number of ether oxygens (including phenoxy) is 1. The second-order valence-corrected chi connectivity index (χ2v) is 10.6. The number of nitrogens with one attached hydrogen (secondary N) is 1. The molecule has 0 aromatic heterocycles. The van der Waals surface area contributed by atoms with Crippen molar-refractivity contribution in [2.24, 2.45) is 16.3 Å². The number of carbonyl (C=O) groups is 1. The Morgan fingerprint density at radius 2 is 2.12 bits per heavy atom. The van der Waals surface area contributed by atoms with E-state index in [1.54, 1.807) is 17.8 Å². The maximum Gasteiger partial charge on any atom is 0.329 e. The molecule has 0 saturated heterocycles. The molecule has 0 spiro atoms. The minimum atomic E-state index is -0.879. The van der Waals surface area contributed by atoms with E-state index in [0.717, 1.165) is 42.0 Å². The smallest absolute Gasteiger partial charge is 0.329 e. The third kappa shape index (κ3) is 6.21. The summed E-state index contributed by atoms with van der Waals surface area (Å²) in [6.07, 6.45) is 6.20. The van der Waals surface area contributed by atoms with Crippen molar-refractivity contribution in [2.45, 2.75) is 72.3 Å². The third-order valence-electron chi connectivity index (χ3n) is 6.10. The minimum Gasteiger partial charge on any atom is -0.506 e. The first-order valence-corrected chi connectivity index (χ1v) is 12.6. The van der Waals surface area contributed by atoms with Crippen molar-refractivity contribution in [1.82, 2.24) is 0 Å². The molecular weight excluding hydrogens is 424 g/mol. The van der Waals surface area contributed by atoms with Crippen LogP contribution >= 0.6 is 11.8 Å². The lowest BCUT2D eigenvalue weighted by Crippen LogP contribution is -2.34. The van der Waals surface area contributed by atoms with E-state index in [1.807, 2.05) is 12.1 Å². The fraction of sp³-hybridized carbons (Fsp3) is 0.600. The zero-order chi connectivity index (χ0) is 23.3. The minimum absolute atomic E-state index is 0.0437. The lowest BCUT2D eigenvalue weighted by Gasteiger charge is -2.36. The van der Waals surface area contributed by atoms with Crippen LogP contribution in [0.15, 0.2) is 33.8 Å². The number of aliphatic carboxylic acids is 1. The number of allylic oxidation sites excluding steroid dienone is 2. The number of anilines is 1. The number of unbranched alkanes of at least 4 members (excludes halogenated alkanes) is 1. The van der Waals surface area contributed by atoms with Gasteiger partial charge < -0.3 is 20.3 Å². The third-order valence-corrected chi connectivity index (χ3v) is 7.36. The topological polar surface area (TPSA) is 91.2 Å². The van der Waals surface area contributed by atoms with Crippen LogP contribution in [0, 0.1) is 11.3 Å². The van der Waals surface area contributed by atoms with Gasteiger partial charge in [0.1, 0.15) is 11.5 Å². The predicted octanol–water partition coefficient (Wildman–Crippen LogP) is 6.07. The summed E-state index contributed by atoms with van der Waals surface area (Å²) in [5, 5.41) is 23.4. The first-order chi connectivity index (χ1) is 15.2. The van der Waals surface area contributed by atoms with Gasteiger partial charge in [0.15, 0.2) is 6.04 Å². The number of carboxylic acids is 1. The van der Waals surface area contributed by atoms with Crippen molar-refractivity contribution in [3.63, 3.8) is 0 Å². The zero-order valence-corrected chi connectivity index (χ0v) is 20.4. The number of fused-ring (bicyclic) bond motifs is 1. The fourth-order valence-electron chi connectivity index (χ4n) is 4.20. The molecule has 0 amide bonds. The SMILES string of the molecule is CCCCC(CC)COc1ccc(NC2=C3SC[C@@H](C(=O)O)N=C3CC(C)(C)C2)c(O)c1. The molecule has 7 heteroatoms. The summed E-state index contributed by atoms with van der Waals surface area (Å²) in [4.78, 5) is 16.9. The van der Waals surface area contributed by atoms with Gasteiger partial charge in [0.2, 0.25) is 0 Å². The van der Waals surface area contributed by atoms with Crippen LogP contribution in [0.25, 0.3) is 0 Å². The molecular formula is C25H36N2O4S. The van der Waals surface area contributed by atoms with Gasteiger partial charge in [-0.05, 0) is 42.7 Å². The summed E-state index contributed by atoms with van der Waals surface area (Å²) in [5.74, 6) is 0.887. The molecule has 0 fully saturated rings. The van der Waals surface area contributed by atoms with Gasteiger partial charge in [0, 0.05) is 22.4 Å². The van der Waals surface area contributed by atoms with Crippen LogP contribution in [0.4, 0.5) is 5.69 Å². The van der Waals surface area contributed by atoms with Gasteiger partial charge in [-0.1, -0.05) is 47.0 Å². The summed E-state index contributed by atoms with van der Waals surface area (Å²) < 4.78 is 5.96. The van der Waals surface area contributed by atoms with Crippen molar-refractivity contribution in [3.05, 3.63) is 28.8 Å². The molecule has 2 aliphatic rings. The van der Waals surface area contributed by atoms with Gasteiger partial charge in [-0.2, -0.15) is 0 Å². The molecule has 0 saturated carbocycles. The van der Waals surface area contributed by atoms with Crippen LogP contribution in [-0.4, -0.2) is 40.3 Å². The van der Waals surface area contributed by atoms with E-state index >= 15 is 0 Å². The number of hydrogen-bond acceptors (Lipinski definition) is 6. The van der Waals surface area contributed by atoms with Crippen LogP contribution in [0.3, 0.4) is 0 Å². The summed E-state index contributed by atoms with van der Waals surface area (Å²) in [6, 6.07) is 4.70. The van der Waals surface area contributed by atoms with Crippen molar-refractivity contribution >= 4 is 29.1 Å². The average molecular weight is 461 g/mol. The van der Waals surface area contributed by atoms with Gasteiger partial charge >= 0.3 is 5.97 Å². The molecule has 1 aromatic carbocycles. The Balaban J connectivity index is 1.74. The van der Waals surface area contributed by atoms with Crippen LogP contribution in [0.5, 0.6) is 11.5 Å². The van der Waals surface area contributed by atoms with Crippen LogP contribution < -0.4 is 10.1 Å². The Bertz CT molecular complexity index is 894. The van der Waals surface area contributed by atoms with Crippen LogP contribution in [0.2, 0.25) is 0 Å². The fourth-order valence-corrected chi connectivity index (χ4v) is 5.33. The lowest BCUT2D eigenvalue weighted by atomic mass is 9.78. The first kappa shape index (κ1) is 24.5. The number of thioether (sulfide) groups is 1. The molecule has 3 rings (SSSR count). The predicted molar refractivity (Wildman–Crippen MR) is 132 cm³/mol. The highest BCUT2D eigenvalue weighted by atomic mass is 32.2. The van der Waals surface area contributed by atoms with Crippen molar-refractivity contribution in [3.8, 4) is 11.5 Å². The summed E-state index contributed by atoms with van der Waals surface area (Å²) in [7, 11) is 0. The van der Waals surface area contributed by atoms with Gasteiger partial charge in [-0.15, -0.1) is 11.8 Å². The molecule has 3 N–H and O–H groups in total. The normalized spacial score (nSPS) is 20.9. The van der Waals surface area contributed by atoms with Gasteiger partial charge in [-0.25, -0.2) is 4.79 Å². The van der Waals surface area contributed by atoms with E-state index in [-0.39, 0.29) is 11.2 Å². The largest absolute Gasteiger partial charge is 0.506 e. The highest BCUT2D eigenvalue weighted by Gasteiger charge is 2.36. The number of rotatable bonds is 10. The van der Waals surface area contributed by atoms with E-state index in [9.17, 15) is 15.0 Å². The van der Waals surface area contributed by atoms with E-state index in [4.69, 9.17) is 4.74 Å². The molecule has 6 nitrogen and oxygen atoms in total. The number of phenolic OH excluding ortho intramolecular Hbond substituents is 1. The molecule has 0 bridgehead atoms. The lowest BCUT2D eigenvalue weighted by molar-refractivity contribution is -0.137. The van der Waals surface area contributed by atoms with Crippen LogP contribution in [-0.2, 0) is 4.79 Å². The number of nitrogens with zero attached hydrogens (tertiary/aromatic N) is 1. The highest BCUT2D eigenvalue weighted by molar-refractivity contribution is 8.04. The average Bonchev–Trinajstić information content (AvgIpc) is 2.74. The van der Waals surface area contributed by atoms with E-state index in [0.29, 0.717) is 29.7 Å². The molecule has 1 heterocycles. The van der Waals surface area contributed by atoms with Gasteiger partial charge in [-0.3, -0.25) is 4.99 Å². The van der Waals surface area contributed by atoms with E-state index in [1.165, 1.54) is 12.8 Å².